The molecule has 0 saturated carbocycles. The summed E-state index contributed by atoms with van der Waals surface area (Å²) in [7, 11) is -4.51. The van der Waals surface area contributed by atoms with E-state index in [1.54, 1.807) is 18.2 Å². The maximum Gasteiger partial charge on any atom is 0.573 e. The van der Waals surface area contributed by atoms with Crippen molar-refractivity contribution < 1.29 is 39.8 Å². The Labute approximate surface area is 242 Å². The van der Waals surface area contributed by atoms with Crippen LogP contribution in [0.3, 0.4) is 0 Å². The van der Waals surface area contributed by atoms with Gasteiger partial charge in [-0.15, -0.1) is 13.2 Å². The molecule has 2 aromatic carbocycles. The van der Waals surface area contributed by atoms with Crippen LogP contribution in [0.2, 0.25) is 0 Å². The van der Waals surface area contributed by atoms with Crippen molar-refractivity contribution in [2.75, 3.05) is 23.1 Å². The van der Waals surface area contributed by atoms with Crippen molar-refractivity contribution in [2.45, 2.75) is 30.1 Å². The molecule has 2 aromatic heterocycles. The molecule has 4 aromatic rings. The zero-order valence-electron chi connectivity index (χ0n) is 22.0. The second kappa shape index (κ2) is 12.3. The predicted octanol–water partition coefficient (Wildman–Crippen LogP) is 5.47. The average molecular weight is 623 g/mol. The van der Waals surface area contributed by atoms with Crippen LogP contribution in [0.5, 0.6) is 17.4 Å². The Morgan fingerprint density at radius 2 is 1.74 bits per heavy atom. The summed E-state index contributed by atoms with van der Waals surface area (Å²) in [5.74, 6) is -4.06. The van der Waals surface area contributed by atoms with Crippen LogP contribution >= 0.6 is 0 Å². The first-order chi connectivity index (χ1) is 20.5. The van der Waals surface area contributed by atoms with E-state index in [1.807, 2.05) is 4.72 Å². The van der Waals surface area contributed by atoms with E-state index in [1.165, 1.54) is 12.4 Å². The van der Waals surface area contributed by atoms with Gasteiger partial charge >= 0.3 is 6.36 Å². The van der Waals surface area contributed by atoms with Crippen LogP contribution in [0.15, 0.2) is 71.9 Å². The van der Waals surface area contributed by atoms with E-state index < -0.39 is 50.1 Å². The molecule has 3 heterocycles. The minimum absolute atomic E-state index is 0.0979. The van der Waals surface area contributed by atoms with Crippen LogP contribution in [0.4, 0.5) is 33.6 Å². The maximum absolute atomic E-state index is 15.1. The minimum Gasteiger partial charge on any atom is -0.435 e. The number of sulfonamides is 1. The van der Waals surface area contributed by atoms with Gasteiger partial charge in [-0.25, -0.2) is 27.8 Å². The number of pyridine rings is 1. The summed E-state index contributed by atoms with van der Waals surface area (Å²) in [6.45, 7) is 1.70. The molecule has 0 spiro atoms. The second-order valence-electron chi connectivity index (χ2n) is 9.28. The largest absolute Gasteiger partial charge is 0.573 e. The van der Waals surface area contributed by atoms with Gasteiger partial charge in [-0.2, -0.15) is 4.39 Å². The highest BCUT2D eigenvalue weighted by Gasteiger charge is 2.31. The van der Waals surface area contributed by atoms with Gasteiger partial charge in [0.2, 0.25) is 17.6 Å². The lowest BCUT2D eigenvalue weighted by Gasteiger charge is -2.23. The van der Waals surface area contributed by atoms with Crippen LogP contribution in [0.1, 0.15) is 12.8 Å². The fraction of sp³-hybridized carbons (Fsp3) is 0.222. The van der Waals surface area contributed by atoms with Crippen LogP contribution in [-0.2, 0) is 10.0 Å². The fourth-order valence-corrected chi connectivity index (χ4v) is 5.28. The van der Waals surface area contributed by atoms with Crippen LogP contribution < -0.4 is 24.8 Å². The molecule has 16 heteroatoms. The number of ether oxygens (including phenoxy) is 2. The monoisotopic (exact) mass is 622 g/mol. The van der Waals surface area contributed by atoms with E-state index in [4.69, 9.17) is 4.74 Å². The molecular formula is C27H23F5N6O4S. The molecular weight excluding hydrogens is 599 g/mol. The predicted molar refractivity (Wildman–Crippen MR) is 145 cm³/mol. The second-order valence-corrected chi connectivity index (χ2v) is 11.0. The van der Waals surface area contributed by atoms with Crippen LogP contribution in [-0.4, -0.2) is 48.9 Å². The number of hydrogen-bond donors (Lipinski definition) is 3. The molecule has 0 radical (unpaired) electrons. The maximum atomic E-state index is 15.1. The van der Waals surface area contributed by atoms with Crippen LogP contribution in [0, 0.1) is 11.6 Å². The van der Waals surface area contributed by atoms with E-state index in [-0.39, 0.29) is 11.9 Å². The van der Waals surface area contributed by atoms with Crippen molar-refractivity contribution in [2.24, 2.45) is 0 Å². The molecule has 0 aliphatic carbocycles. The Bertz CT molecular complexity index is 1700. The van der Waals surface area contributed by atoms with Crippen molar-refractivity contribution >= 4 is 21.7 Å². The Morgan fingerprint density at radius 1 is 0.953 bits per heavy atom. The fourth-order valence-electron chi connectivity index (χ4n) is 4.22. The Balaban J connectivity index is 1.34. The molecule has 10 nitrogen and oxygen atoms in total. The lowest BCUT2D eigenvalue weighted by atomic mass is 10.1. The third-order valence-electron chi connectivity index (χ3n) is 6.20. The normalized spacial score (nSPS) is 15.5. The molecule has 1 aliphatic heterocycles. The first-order valence-corrected chi connectivity index (χ1v) is 14.3. The number of aromatic nitrogens is 3. The first kappa shape index (κ1) is 29.9. The Hall–Kier alpha value is -4.57. The van der Waals surface area contributed by atoms with E-state index >= 15 is 4.39 Å². The van der Waals surface area contributed by atoms with Crippen molar-refractivity contribution in [3.8, 4) is 28.6 Å². The van der Waals surface area contributed by atoms with Gasteiger partial charge in [0.25, 0.3) is 10.0 Å². The molecule has 43 heavy (non-hydrogen) atoms. The van der Waals surface area contributed by atoms with Gasteiger partial charge in [0.05, 0.1) is 21.8 Å². The standard InChI is InChI=1S/C27H23F5N6O4S/c28-23-21(38-43(39,40)18-7-5-17(6-8-18)42-27(30,31)32)9-10-22(24(23)29)41-25-19(4-2-13-34-25)20-11-14-35-26(37-20)36-16-3-1-12-33-15-16/h2,4-11,13-14,16,33,38H,1,3,12,15H2,(H,35,36,37)/t16-/m0/s1. The number of anilines is 2. The summed E-state index contributed by atoms with van der Waals surface area (Å²) in [5.41, 5.74) is 0.00367. The number of hydrogen-bond acceptors (Lipinski definition) is 9. The van der Waals surface area contributed by atoms with Crippen molar-refractivity contribution in [1.29, 1.82) is 0 Å². The molecule has 1 saturated heterocycles. The molecule has 1 fully saturated rings. The lowest BCUT2D eigenvalue weighted by Crippen LogP contribution is -2.38. The average Bonchev–Trinajstić information content (AvgIpc) is 2.97. The molecule has 0 amide bonds. The Kier molecular flexibility index (Phi) is 8.59. The number of piperidine rings is 1. The molecule has 1 aliphatic rings. The zero-order valence-corrected chi connectivity index (χ0v) is 22.8. The molecule has 1 atom stereocenters. The van der Waals surface area contributed by atoms with E-state index in [9.17, 15) is 26.0 Å². The van der Waals surface area contributed by atoms with Gasteiger partial charge in [0.15, 0.2) is 11.6 Å². The topological polar surface area (TPSA) is 127 Å². The molecule has 226 valence electrons. The summed E-state index contributed by atoms with van der Waals surface area (Å²) >= 11 is 0. The van der Waals surface area contributed by atoms with Crippen molar-refractivity contribution in [3.05, 3.63) is 78.6 Å². The van der Waals surface area contributed by atoms with Gasteiger partial charge in [0, 0.05) is 25.0 Å². The highest BCUT2D eigenvalue weighted by Crippen LogP contribution is 2.35. The van der Waals surface area contributed by atoms with Gasteiger partial charge < -0.3 is 20.1 Å². The van der Waals surface area contributed by atoms with E-state index in [2.05, 4.69) is 30.3 Å². The Morgan fingerprint density at radius 3 is 2.47 bits per heavy atom. The molecule has 0 unspecified atom stereocenters. The van der Waals surface area contributed by atoms with Crippen LogP contribution in [0.25, 0.3) is 11.3 Å². The summed E-state index contributed by atoms with van der Waals surface area (Å²) in [6.07, 6.45) is -0.0960. The number of halogens is 5. The number of alkyl halides is 3. The smallest absolute Gasteiger partial charge is 0.435 e. The summed E-state index contributed by atoms with van der Waals surface area (Å²) < 4.78 is 104. The molecule has 3 N–H and O–H groups in total. The minimum atomic E-state index is -4.97. The van der Waals surface area contributed by atoms with E-state index in [0.29, 0.717) is 17.2 Å². The highest BCUT2D eigenvalue weighted by molar-refractivity contribution is 7.92. The third kappa shape index (κ3) is 7.45. The number of nitrogens with one attached hydrogen (secondary N) is 3. The molecule has 0 bridgehead atoms. The highest BCUT2D eigenvalue weighted by atomic mass is 32.2. The number of nitrogens with zero attached hydrogens (tertiary/aromatic N) is 3. The van der Waals surface area contributed by atoms with Gasteiger partial charge in [0.1, 0.15) is 5.75 Å². The van der Waals surface area contributed by atoms with Gasteiger partial charge in [-0.05, 0) is 74.0 Å². The van der Waals surface area contributed by atoms with Gasteiger partial charge in [-0.3, -0.25) is 4.72 Å². The lowest BCUT2D eigenvalue weighted by molar-refractivity contribution is -0.274. The quantitative estimate of drug-likeness (QED) is 0.208. The number of benzene rings is 2. The third-order valence-corrected chi connectivity index (χ3v) is 7.58. The van der Waals surface area contributed by atoms with E-state index in [0.717, 1.165) is 62.3 Å². The first-order valence-electron chi connectivity index (χ1n) is 12.8. The number of rotatable bonds is 9. The zero-order chi connectivity index (χ0) is 30.6. The summed E-state index contributed by atoms with van der Waals surface area (Å²) in [5, 5.41) is 6.55. The van der Waals surface area contributed by atoms with Crippen molar-refractivity contribution in [3.63, 3.8) is 0 Å². The summed E-state index contributed by atoms with van der Waals surface area (Å²) in [6, 6.07) is 10.1. The summed E-state index contributed by atoms with van der Waals surface area (Å²) in [4.78, 5) is 12.4. The molecule has 5 rings (SSSR count). The van der Waals surface area contributed by atoms with Gasteiger partial charge in [-0.1, -0.05) is 0 Å². The van der Waals surface area contributed by atoms with Crippen molar-refractivity contribution in [1.82, 2.24) is 20.3 Å². The SMILES string of the molecule is O=S(=O)(Nc1ccc(Oc2ncccc2-c2ccnc(N[C@H]3CCCNC3)n2)c(F)c1F)c1ccc(OC(F)(F)F)cc1.